The van der Waals surface area contributed by atoms with Crippen LogP contribution in [0, 0.1) is 6.92 Å². The summed E-state index contributed by atoms with van der Waals surface area (Å²) >= 11 is 6.17. The molecule has 172 valence electrons. The van der Waals surface area contributed by atoms with Gasteiger partial charge in [-0.3, -0.25) is 4.79 Å². The van der Waals surface area contributed by atoms with Crippen molar-refractivity contribution in [2.24, 2.45) is 0 Å². The van der Waals surface area contributed by atoms with Gasteiger partial charge < -0.3 is 10.1 Å². The molecular formula is C25H25ClN2O4S. The number of amides is 1. The lowest BCUT2D eigenvalue weighted by Gasteiger charge is -2.20. The maximum Gasteiger partial charge on any atom is 0.251 e. The SMILES string of the molecule is Cc1ccc(CNC(=O)c2ccc3c(c2)CN(S(=O)(=O)Cc2ccccc2Cl)CCO3)cc1. The van der Waals surface area contributed by atoms with Crippen LogP contribution in [0.1, 0.15) is 32.6 Å². The molecule has 33 heavy (non-hydrogen) atoms. The first kappa shape index (κ1) is 23.3. The van der Waals surface area contributed by atoms with Crippen molar-refractivity contribution in [2.45, 2.75) is 25.8 Å². The second-order valence-electron chi connectivity index (χ2n) is 8.02. The standard InChI is InChI=1S/C25H25ClN2O4S/c1-18-6-8-19(9-7-18)15-27-25(29)20-10-11-24-22(14-20)16-28(12-13-32-24)33(30,31)17-21-4-2-3-5-23(21)26/h2-11,14H,12-13,15-17H2,1H3,(H,27,29). The van der Waals surface area contributed by atoms with Crippen LogP contribution in [0.3, 0.4) is 0 Å². The van der Waals surface area contributed by atoms with Gasteiger partial charge in [-0.15, -0.1) is 0 Å². The predicted molar refractivity (Wildman–Crippen MR) is 129 cm³/mol. The number of benzene rings is 3. The number of hydrogen-bond donors (Lipinski definition) is 1. The highest BCUT2D eigenvalue weighted by Crippen LogP contribution is 2.27. The smallest absolute Gasteiger partial charge is 0.251 e. The number of carbonyl (C=O) groups is 1. The Balaban J connectivity index is 1.49. The number of ether oxygens (including phenoxy) is 1. The summed E-state index contributed by atoms with van der Waals surface area (Å²) in [5.74, 6) is 0.160. The molecule has 3 aromatic carbocycles. The maximum atomic E-state index is 13.1. The minimum atomic E-state index is -3.64. The van der Waals surface area contributed by atoms with Crippen molar-refractivity contribution in [3.05, 3.63) is 99.6 Å². The van der Waals surface area contributed by atoms with Crippen molar-refractivity contribution in [1.82, 2.24) is 9.62 Å². The number of halogens is 1. The van der Waals surface area contributed by atoms with E-state index in [0.29, 0.717) is 34.0 Å². The summed E-state index contributed by atoms with van der Waals surface area (Å²) in [4.78, 5) is 12.7. The number of nitrogens with one attached hydrogen (secondary N) is 1. The third kappa shape index (κ3) is 5.74. The minimum Gasteiger partial charge on any atom is -0.492 e. The number of rotatable bonds is 6. The third-order valence-electron chi connectivity index (χ3n) is 5.53. The highest BCUT2D eigenvalue weighted by atomic mass is 35.5. The molecule has 0 atom stereocenters. The van der Waals surface area contributed by atoms with E-state index in [1.54, 1.807) is 42.5 Å². The lowest BCUT2D eigenvalue weighted by Crippen LogP contribution is -2.33. The van der Waals surface area contributed by atoms with E-state index < -0.39 is 10.0 Å². The zero-order valence-corrected chi connectivity index (χ0v) is 19.8. The number of aryl methyl sites for hydroxylation is 1. The number of hydrogen-bond acceptors (Lipinski definition) is 4. The molecule has 0 aliphatic carbocycles. The number of fused-ring (bicyclic) bond motifs is 1. The van der Waals surface area contributed by atoms with Gasteiger partial charge in [0.05, 0.1) is 5.75 Å². The molecule has 1 amide bonds. The molecule has 1 aliphatic rings. The number of nitrogens with zero attached hydrogens (tertiary/aromatic N) is 1. The van der Waals surface area contributed by atoms with Gasteiger partial charge in [0, 0.05) is 35.8 Å². The first-order valence-corrected chi connectivity index (χ1v) is 12.6. The Labute approximate surface area is 199 Å². The summed E-state index contributed by atoms with van der Waals surface area (Å²) < 4.78 is 33.4. The second-order valence-corrected chi connectivity index (χ2v) is 10.4. The van der Waals surface area contributed by atoms with Gasteiger partial charge in [0.15, 0.2) is 0 Å². The topological polar surface area (TPSA) is 75.7 Å². The molecule has 6 nitrogen and oxygen atoms in total. The Morgan fingerprint density at radius 1 is 1.09 bits per heavy atom. The summed E-state index contributed by atoms with van der Waals surface area (Å²) in [5.41, 5.74) is 3.82. The monoisotopic (exact) mass is 484 g/mol. The molecule has 0 bridgehead atoms. The van der Waals surface area contributed by atoms with Gasteiger partial charge in [-0.1, -0.05) is 59.6 Å². The summed E-state index contributed by atoms with van der Waals surface area (Å²) in [6.07, 6.45) is 0. The number of sulfonamides is 1. The summed E-state index contributed by atoms with van der Waals surface area (Å²) in [7, 11) is -3.64. The lowest BCUT2D eigenvalue weighted by molar-refractivity contribution is 0.0950. The Morgan fingerprint density at radius 2 is 1.85 bits per heavy atom. The summed E-state index contributed by atoms with van der Waals surface area (Å²) in [6.45, 7) is 2.99. The lowest BCUT2D eigenvalue weighted by atomic mass is 10.1. The molecular weight excluding hydrogens is 460 g/mol. The van der Waals surface area contributed by atoms with Crippen LogP contribution in [0.25, 0.3) is 0 Å². The average Bonchev–Trinajstić information content (AvgIpc) is 3.02. The van der Waals surface area contributed by atoms with Crippen LogP contribution in [0.4, 0.5) is 0 Å². The Morgan fingerprint density at radius 3 is 2.61 bits per heavy atom. The quantitative estimate of drug-likeness (QED) is 0.566. The minimum absolute atomic E-state index is 0.126. The largest absolute Gasteiger partial charge is 0.492 e. The van der Waals surface area contributed by atoms with E-state index in [0.717, 1.165) is 11.1 Å². The van der Waals surface area contributed by atoms with E-state index in [2.05, 4.69) is 5.32 Å². The van der Waals surface area contributed by atoms with Gasteiger partial charge in [-0.05, 0) is 42.3 Å². The van der Waals surface area contributed by atoms with Gasteiger partial charge >= 0.3 is 0 Å². The Bertz CT molecular complexity index is 1260. The van der Waals surface area contributed by atoms with Gasteiger partial charge in [-0.2, -0.15) is 4.31 Å². The van der Waals surface area contributed by atoms with Crippen LogP contribution in [0.15, 0.2) is 66.7 Å². The molecule has 0 spiro atoms. The van der Waals surface area contributed by atoms with E-state index in [-0.39, 0.29) is 31.4 Å². The van der Waals surface area contributed by atoms with Crippen molar-refractivity contribution in [3.8, 4) is 5.75 Å². The molecule has 8 heteroatoms. The fraction of sp³-hybridized carbons (Fsp3) is 0.240. The van der Waals surface area contributed by atoms with Gasteiger partial charge in [-0.25, -0.2) is 8.42 Å². The third-order valence-corrected chi connectivity index (χ3v) is 7.67. The van der Waals surface area contributed by atoms with E-state index >= 15 is 0 Å². The van der Waals surface area contributed by atoms with Crippen LogP contribution < -0.4 is 10.1 Å². The molecule has 0 aromatic heterocycles. The van der Waals surface area contributed by atoms with Crippen molar-refractivity contribution in [1.29, 1.82) is 0 Å². The maximum absolute atomic E-state index is 13.1. The first-order valence-electron chi connectivity index (χ1n) is 10.6. The fourth-order valence-electron chi connectivity index (χ4n) is 3.64. The highest BCUT2D eigenvalue weighted by Gasteiger charge is 2.27. The summed E-state index contributed by atoms with van der Waals surface area (Å²) in [5, 5.41) is 3.33. The van der Waals surface area contributed by atoms with Crippen LogP contribution in [-0.2, 0) is 28.9 Å². The van der Waals surface area contributed by atoms with Gasteiger partial charge in [0.2, 0.25) is 10.0 Å². The van der Waals surface area contributed by atoms with E-state index in [1.807, 2.05) is 31.2 Å². The molecule has 1 N–H and O–H groups in total. The molecule has 0 unspecified atom stereocenters. The van der Waals surface area contributed by atoms with Crippen LogP contribution >= 0.6 is 11.6 Å². The van der Waals surface area contributed by atoms with E-state index in [1.165, 1.54) is 4.31 Å². The Kier molecular flexibility index (Phi) is 7.02. The average molecular weight is 485 g/mol. The van der Waals surface area contributed by atoms with Crippen molar-refractivity contribution in [3.63, 3.8) is 0 Å². The Hall–Kier alpha value is -2.87. The molecule has 0 saturated carbocycles. The second kappa shape index (κ2) is 9.95. The molecule has 4 rings (SSSR count). The van der Waals surface area contributed by atoms with Crippen LogP contribution in [-0.4, -0.2) is 31.8 Å². The highest BCUT2D eigenvalue weighted by molar-refractivity contribution is 7.88. The summed E-state index contributed by atoms with van der Waals surface area (Å²) in [6, 6.07) is 20.0. The van der Waals surface area contributed by atoms with Gasteiger partial charge in [0.25, 0.3) is 5.91 Å². The molecule has 3 aromatic rings. The normalized spacial score (nSPS) is 14.1. The first-order chi connectivity index (χ1) is 15.8. The van der Waals surface area contributed by atoms with E-state index in [9.17, 15) is 13.2 Å². The molecule has 1 heterocycles. The molecule has 0 saturated heterocycles. The zero-order chi connectivity index (χ0) is 23.4. The fourth-order valence-corrected chi connectivity index (χ4v) is 5.44. The van der Waals surface area contributed by atoms with Gasteiger partial charge in [0.1, 0.15) is 12.4 Å². The van der Waals surface area contributed by atoms with Crippen LogP contribution in [0.5, 0.6) is 5.75 Å². The van der Waals surface area contributed by atoms with Crippen molar-refractivity contribution >= 4 is 27.5 Å². The number of carbonyl (C=O) groups excluding carboxylic acids is 1. The van der Waals surface area contributed by atoms with E-state index in [4.69, 9.17) is 16.3 Å². The van der Waals surface area contributed by atoms with Crippen LogP contribution in [0.2, 0.25) is 5.02 Å². The predicted octanol–water partition coefficient (Wildman–Crippen LogP) is 4.30. The molecule has 0 fully saturated rings. The van der Waals surface area contributed by atoms with Crippen molar-refractivity contribution in [2.75, 3.05) is 13.2 Å². The molecule has 0 radical (unpaired) electrons. The van der Waals surface area contributed by atoms with Crippen molar-refractivity contribution < 1.29 is 17.9 Å². The zero-order valence-electron chi connectivity index (χ0n) is 18.3. The molecule has 1 aliphatic heterocycles.